The van der Waals surface area contributed by atoms with Crippen LogP contribution < -0.4 is 10.6 Å². The van der Waals surface area contributed by atoms with E-state index in [9.17, 15) is 4.79 Å². The fourth-order valence-corrected chi connectivity index (χ4v) is 3.07. The topological polar surface area (TPSA) is 54.0 Å². The van der Waals surface area contributed by atoms with Gasteiger partial charge in [0.2, 0.25) is 0 Å². The molecule has 0 fully saturated rings. The third-order valence-corrected chi connectivity index (χ3v) is 4.23. The molecule has 1 atom stereocenters. The van der Waals surface area contributed by atoms with Gasteiger partial charge in [0.05, 0.1) is 0 Å². The van der Waals surface area contributed by atoms with Crippen molar-refractivity contribution in [1.29, 1.82) is 0 Å². The minimum Gasteiger partial charge on any atom is -0.378 e. The summed E-state index contributed by atoms with van der Waals surface area (Å²) in [5.74, 6) is -0.334. The molecule has 0 aliphatic carbocycles. The lowest BCUT2D eigenvalue weighted by Crippen LogP contribution is -2.14. The van der Waals surface area contributed by atoms with Gasteiger partial charge in [0.15, 0.2) is 0 Å². The fraction of sp³-hybridized carbons (Fsp3) is 0.100. The first-order valence-electron chi connectivity index (χ1n) is 8.06. The van der Waals surface area contributed by atoms with Crippen molar-refractivity contribution in [3.63, 3.8) is 0 Å². The van der Waals surface area contributed by atoms with Gasteiger partial charge in [0.25, 0.3) is 5.91 Å². The molecule has 0 aliphatic rings. The average Bonchev–Trinajstić information content (AvgIpc) is 2.62. The van der Waals surface area contributed by atoms with Gasteiger partial charge in [-0.05, 0) is 42.8 Å². The molecule has 0 radical (unpaired) electrons. The van der Waals surface area contributed by atoms with Crippen molar-refractivity contribution in [3.05, 3.63) is 88.2 Å². The zero-order valence-electron chi connectivity index (χ0n) is 14.0. The van der Waals surface area contributed by atoms with Crippen LogP contribution in [0, 0.1) is 0 Å². The van der Waals surface area contributed by atoms with E-state index >= 15 is 0 Å². The largest absolute Gasteiger partial charge is 0.378 e. The van der Waals surface area contributed by atoms with Gasteiger partial charge in [-0.3, -0.25) is 9.78 Å². The van der Waals surface area contributed by atoms with Gasteiger partial charge in [-0.2, -0.15) is 0 Å². The molecule has 26 heavy (non-hydrogen) atoms. The molecule has 2 aromatic carbocycles. The molecule has 6 heteroatoms. The van der Waals surface area contributed by atoms with E-state index in [1.54, 1.807) is 30.5 Å². The smallest absolute Gasteiger partial charge is 0.274 e. The number of amides is 1. The monoisotopic (exact) mass is 385 g/mol. The van der Waals surface area contributed by atoms with Crippen LogP contribution in [0.4, 0.5) is 11.4 Å². The Morgan fingerprint density at radius 1 is 0.962 bits per heavy atom. The third-order valence-electron chi connectivity index (χ3n) is 3.80. The maximum Gasteiger partial charge on any atom is 0.274 e. The molecule has 0 spiro atoms. The minimum atomic E-state index is -0.334. The van der Waals surface area contributed by atoms with E-state index in [1.165, 1.54) is 0 Å². The van der Waals surface area contributed by atoms with Crippen LogP contribution in [-0.4, -0.2) is 10.9 Å². The predicted molar refractivity (Wildman–Crippen MR) is 107 cm³/mol. The lowest BCUT2D eigenvalue weighted by Gasteiger charge is -2.16. The number of carbonyl (C=O) groups is 1. The number of hydrogen-bond donors (Lipinski definition) is 2. The standard InChI is InChI=1S/C20H17Cl2N3O/c1-13(14-5-3-2-4-6-14)24-17-7-8-23-19(12-17)20(26)25-18-10-15(21)9-16(22)11-18/h2-13H,1H3,(H,23,24)(H,25,26). The van der Waals surface area contributed by atoms with E-state index in [-0.39, 0.29) is 11.9 Å². The molecule has 3 rings (SSSR count). The van der Waals surface area contributed by atoms with E-state index in [2.05, 4.69) is 34.7 Å². The van der Waals surface area contributed by atoms with Crippen molar-refractivity contribution in [1.82, 2.24) is 4.98 Å². The van der Waals surface area contributed by atoms with E-state index in [1.807, 2.05) is 24.3 Å². The van der Waals surface area contributed by atoms with Crippen LogP contribution >= 0.6 is 23.2 Å². The van der Waals surface area contributed by atoms with Gasteiger partial charge in [0, 0.05) is 33.7 Å². The second-order valence-electron chi connectivity index (χ2n) is 5.82. The quantitative estimate of drug-likeness (QED) is 0.582. The number of anilines is 2. The number of benzene rings is 2. The van der Waals surface area contributed by atoms with Gasteiger partial charge in [0.1, 0.15) is 5.69 Å². The summed E-state index contributed by atoms with van der Waals surface area (Å²) in [5.41, 5.74) is 2.78. The highest BCUT2D eigenvalue weighted by atomic mass is 35.5. The maximum absolute atomic E-state index is 12.5. The van der Waals surface area contributed by atoms with Gasteiger partial charge >= 0.3 is 0 Å². The van der Waals surface area contributed by atoms with Gasteiger partial charge in [-0.1, -0.05) is 53.5 Å². The number of nitrogens with zero attached hydrogens (tertiary/aromatic N) is 1. The van der Waals surface area contributed by atoms with Crippen molar-refractivity contribution < 1.29 is 4.79 Å². The highest BCUT2D eigenvalue weighted by Crippen LogP contribution is 2.23. The molecule has 1 heterocycles. The third kappa shape index (κ3) is 4.75. The Morgan fingerprint density at radius 3 is 2.35 bits per heavy atom. The zero-order valence-corrected chi connectivity index (χ0v) is 15.6. The Morgan fingerprint density at radius 2 is 1.65 bits per heavy atom. The molecular formula is C20H17Cl2N3O. The second kappa shape index (κ2) is 8.21. The Hall–Kier alpha value is -2.56. The number of rotatable bonds is 5. The molecule has 132 valence electrons. The molecule has 3 aromatic rings. The molecule has 1 unspecified atom stereocenters. The highest BCUT2D eigenvalue weighted by molar-refractivity contribution is 6.35. The van der Waals surface area contributed by atoms with Gasteiger partial charge < -0.3 is 10.6 Å². The molecule has 2 N–H and O–H groups in total. The number of halogens is 2. The molecule has 1 amide bonds. The van der Waals surface area contributed by atoms with Crippen LogP contribution in [-0.2, 0) is 0 Å². The average molecular weight is 386 g/mol. The van der Waals surface area contributed by atoms with Crippen LogP contribution in [0.5, 0.6) is 0 Å². The first kappa shape index (κ1) is 18.2. The summed E-state index contributed by atoms with van der Waals surface area (Å²) in [5, 5.41) is 7.03. The Bertz CT molecular complexity index is 896. The van der Waals surface area contributed by atoms with Crippen molar-refractivity contribution in [2.45, 2.75) is 13.0 Å². The molecular weight excluding hydrogens is 369 g/mol. The van der Waals surface area contributed by atoms with Crippen LogP contribution in [0.25, 0.3) is 0 Å². The summed E-state index contributed by atoms with van der Waals surface area (Å²) in [4.78, 5) is 16.6. The van der Waals surface area contributed by atoms with Crippen molar-refractivity contribution >= 4 is 40.5 Å². The SMILES string of the molecule is CC(Nc1ccnc(C(=O)Nc2cc(Cl)cc(Cl)c2)c1)c1ccccc1. The molecule has 1 aromatic heterocycles. The summed E-state index contributed by atoms with van der Waals surface area (Å²) >= 11 is 11.9. The summed E-state index contributed by atoms with van der Waals surface area (Å²) < 4.78 is 0. The van der Waals surface area contributed by atoms with Crippen LogP contribution in [0.1, 0.15) is 29.0 Å². The van der Waals surface area contributed by atoms with E-state index in [4.69, 9.17) is 23.2 Å². The first-order chi connectivity index (χ1) is 12.5. The van der Waals surface area contributed by atoms with E-state index < -0.39 is 0 Å². The van der Waals surface area contributed by atoms with Crippen LogP contribution in [0.15, 0.2) is 66.9 Å². The fourth-order valence-electron chi connectivity index (χ4n) is 2.54. The second-order valence-corrected chi connectivity index (χ2v) is 6.69. The normalized spacial score (nSPS) is 11.7. The Kier molecular flexibility index (Phi) is 5.76. The van der Waals surface area contributed by atoms with E-state index in [0.717, 1.165) is 11.3 Å². The summed E-state index contributed by atoms with van der Waals surface area (Å²) in [7, 11) is 0. The molecule has 0 saturated carbocycles. The zero-order chi connectivity index (χ0) is 18.5. The number of hydrogen-bond acceptors (Lipinski definition) is 3. The summed E-state index contributed by atoms with van der Waals surface area (Å²) in [6.07, 6.45) is 1.60. The lowest BCUT2D eigenvalue weighted by molar-refractivity contribution is 0.102. The van der Waals surface area contributed by atoms with Crippen LogP contribution in [0.3, 0.4) is 0 Å². The molecule has 0 bridgehead atoms. The maximum atomic E-state index is 12.5. The Labute approximate surface area is 162 Å². The summed E-state index contributed by atoms with van der Waals surface area (Å²) in [6.45, 7) is 2.06. The lowest BCUT2D eigenvalue weighted by atomic mass is 10.1. The first-order valence-corrected chi connectivity index (χ1v) is 8.82. The highest BCUT2D eigenvalue weighted by Gasteiger charge is 2.11. The van der Waals surface area contributed by atoms with E-state index in [0.29, 0.717) is 21.4 Å². The van der Waals surface area contributed by atoms with Crippen molar-refractivity contribution in [2.24, 2.45) is 0 Å². The summed E-state index contributed by atoms with van der Waals surface area (Å²) in [6, 6.07) is 18.6. The number of aromatic nitrogens is 1. The minimum absolute atomic E-state index is 0.0984. The number of pyridine rings is 1. The molecule has 0 aliphatic heterocycles. The van der Waals surface area contributed by atoms with Crippen molar-refractivity contribution in [2.75, 3.05) is 10.6 Å². The van der Waals surface area contributed by atoms with Gasteiger partial charge in [-0.15, -0.1) is 0 Å². The molecule has 0 saturated heterocycles. The van der Waals surface area contributed by atoms with Crippen LogP contribution in [0.2, 0.25) is 10.0 Å². The predicted octanol–water partition coefficient (Wildman–Crippen LogP) is 5.81. The Balaban J connectivity index is 1.73. The number of nitrogens with one attached hydrogen (secondary N) is 2. The van der Waals surface area contributed by atoms with Gasteiger partial charge in [-0.25, -0.2) is 0 Å². The molecule has 4 nitrogen and oxygen atoms in total. The van der Waals surface area contributed by atoms with Crippen molar-refractivity contribution in [3.8, 4) is 0 Å². The number of carbonyl (C=O) groups excluding carboxylic acids is 1.